The van der Waals surface area contributed by atoms with Crippen molar-refractivity contribution in [1.82, 2.24) is 24.6 Å². The first-order chi connectivity index (χ1) is 8.22. The maximum atomic E-state index is 5.30. The molecule has 0 saturated heterocycles. The van der Waals surface area contributed by atoms with E-state index in [0.717, 1.165) is 10.3 Å². The van der Waals surface area contributed by atoms with Crippen LogP contribution in [0.3, 0.4) is 0 Å². The zero-order valence-corrected chi connectivity index (χ0v) is 11.1. The average Bonchev–Trinajstić information content (AvgIpc) is 2.87. The van der Waals surface area contributed by atoms with Crippen LogP contribution < -0.4 is 0 Å². The zero-order valence-electron chi connectivity index (χ0n) is 8.66. The summed E-state index contributed by atoms with van der Waals surface area (Å²) in [6, 6.07) is 0. The van der Waals surface area contributed by atoms with Crippen molar-refractivity contribution in [2.75, 3.05) is 0 Å². The number of fused-ring (bicyclic) bond motifs is 1. The van der Waals surface area contributed by atoms with Crippen molar-refractivity contribution in [3.05, 3.63) is 29.1 Å². The normalized spacial score (nSPS) is 11.2. The van der Waals surface area contributed by atoms with Gasteiger partial charge in [-0.2, -0.15) is 0 Å². The van der Waals surface area contributed by atoms with Crippen LogP contribution in [0.5, 0.6) is 0 Å². The Hall–Kier alpha value is -1.41. The predicted octanol–water partition coefficient (Wildman–Crippen LogP) is 2.33. The quantitative estimate of drug-likeness (QED) is 0.723. The van der Waals surface area contributed by atoms with Crippen LogP contribution in [0, 0.1) is 6.92 Å². The fraction of sp³-hybridized carbons (Fsp3) is 0.111. The highest BCUT2D eigenvalue weighted by molar-refractivity contribution is 9.10. The van der Waals surface area contributed by atoms with Gasteiger partial charge < -0.3 is 8.82 Å². The maximum Gasteiger partial charge on any atom is 0.283 e. The highest BCUT2D eigenvalue weighted by Crippen LogP contribution is 2.28. The van der Waals surface area contributed by atoms with Gasteiger partial charge in [0.25, 0.3) is 5.22 Å². The van der Waals surface area contributed by atoms with Crippen molar-refractivity contribution in [1.29, 1.82) is 0 Å². The lowest BCUT2D eigenvalue weighted by atomic mass is 10.7. The highest BCUT2D eigenvalue weighted by atomic mass is 79.9. The molecule has 0 amide bonds. The van der Waals surface area contributed by atoms with E-state index in [1.165, 1.54) is 11.8 Å². The van der Waals surface area contributed by atoms with E-state index in [2.05, 4.69) is 36.1 Å². The number of aromatic nitrogens is 5. The van der Waals surface area contributed by atoms with E-state index in [1.54, 1.807) is 13.1 Å². The first-order valence-corrected chi connectivity index (χ1v) is 6.30. The molecular formula is C9H6BrN5OS. The van der Waals surface area contributed by atoms with E-state index in [9.17, 15) is 0 Å². The van der Waals surface area contributed by atoms with Gasteiger partial charge >= 0.3 is 0 Å². The standard InChI is InChI=1S/C9H6BrN5OS/c1-5-13-14-9(16-5)17-8-7-11-2-3-15(7)4-6(10)12-8/h2-4H,1H3. The second-order valence-corrected chi connectivity index (χ2v) is 4.97. The monoisotopic (exact) mass is 311 g/mol. The molecule has 0 N–H and O–H groups in total. The Morgan fingerprint density at radius 1 is 1.41 bits per heavy atom. The SMILES string of the molecule is Cc1nnc(Sc2nc(Br)cn3ccnc23)o1. The fourth-order valence-corrected chi connectivity index (χ4v) is 2.66. The first-order valence-electron chi connectivity index (χ1n) is 4.69. The van der Waals surface area contributed by atoms with Crippen molar-refractivity contribution in [3.8, 4) is 0 Å². The minimum Gasteiger partial charge on any atom is -0.416 e. The molecule has 0 aliphatic carbocycles. The van der Waals surface area contributed by atoms with E-state index < -0.39 is 0 Å². The lowest BCUT2D eigenvalue weighted by Gasteiger charge is -2.00. The van der Waals surface area contributed by atoms with Crippen LogP contribution in [-0.4, -0.2) is 24.6 Å². The summed E-state index contributed by atoms with van der Waals surface area (Å²) >= 11 is 4.64. The third-order valence-corrected chi connectivity index (χ3v) is 3.19. The molecule has 6 nitrogen and oxygen atoms in total. The lowest BCUT2D eigenvalue weighted by Crippen LogP contribution is -1.91. The van der Waals surface area contributed by atoms with Crippen molar-refractivity contribution >= 4 is 33.3 Å². The Morgan fingerprint density at radius 3 is 3.06 bits per heavy atom. The molecule has 3 aromatic rings. The van der Waals surface area contributed by atoms with E-state index >= 15 is 0 Å². The summed E-state index contributed by atoms with van der Waals surface area (Å²) in [4.78, 5) is 8.58. The minimum absolute atomic E-state index is 0.456. The molecule has 86 valence electrons. The Bertz CT molecular complexity index is 679. The van der Waals surface area contributed by atoms with E-state index in [0.29, 0.717) is 16.1 Å². The van der Waals surface area contributed by atoms with Gasteiger partial charge in [-0.05, 0) is 27.7 Å². The molecule has 0 aliphatic rings. The Morgan fingerprint density at radius 2 is 2.29 bits per heavy atom. The molecule has 3 rings (SSSR count). The molecule has 0 fully saturated rings. The third-order valence-electron chi connectivity index (χ3n) is 2.01. The number of rotatable bonds is 2. The molecule has 0 spiro atoms. The Balaban J connectivity index is 2.07. The van der Waals surface area contributed by atoms with Gasteiger partial charge in [-0.3, -0.25) is 0 Å². The summed E-state index contributed by atoms with van der Waals surface area (Å²) < 4.78 is 7.90. The van der Waals surface area contributed by atoms with Gasteiger partial charge in [0.05, 0.1) is 0 Å². The van der Waals surface area contributed by atoms with Gasteiger partial charge in [-0.1, -0.05) is 0 Å². The maximum absolute atomic E-state index is 5.30. The van der Waals surface area contributed by atoms with Crippen molar-refractivity contribution in [2.45, 2.75) is 17.2 Å². The summed E-state index contributed by atoms with van der Waals surface area (Å²) in [6.07, 6.45) is 5.41. The molecule has 17 heavy (non-hydrogen) atoms. The highest BCUT2D eigenvalue weighted by Gasteiger charge is 2.12. The largest absolute Gasteiger partial charge is 0.416 e. The second-order valence-electron chi connectivity index (χ2n) is 3.22. The molecule has 0 atom stereocenters. The number of hydrogen-bond acceptors (Lipinski definition) is 6. The second kappa shape index (κ2) is 4.11. The summed E-state index contributed by atoms with van der Waals surface area (Å²) in [7, 11) is 0. The number of hydrogen-bond donors (Lipinski definition) is 0. The average molecular weight is 312 g/mol. The van der Waals surface area contributed by atoms with E-state index in [1.807, 2.05) is 16.8 Å². The van der Waals surface area contributed by atoms with Crippen LogP contribution in [0.2, 0.25) is 0 Å². The Labute approximate surface area is 109 Å². The molecule has 0 radical (unpaired) electrons. The lowest BCUT2D eigenvalue weighted by molar-refractivity contribution is 0.429. The first kappa shape index (κ1) is 10.7. The van der Waals surface area contributed by atoms with Gasteiger partial charge in [-0.25, -0.2) is 9.97 Å². The number of halogens is 1. The van der Waals surface area contributed by atoms with E-state index in [-0.39, 0.29) is 0 Å². The van der Waals surface area contributed by atoms with Gasteiger partial charge in [0.15, 0.2) is 5.65 Å². The summed E-state index contributed by atoms with van der Waals surface area (Å²) in [5.74, 6) is 0.529. The molecular weight excluding hydrogens is 306 g/mol. The molecule has 0 bridgehead atoms. The molecule has 0 aromatic carbocycles. The van der Waals surface area contributed by atoms with E-state index in [4.69, 9.17) is 4.42 Å². The van der Waals surface area contributed by atoms with Gasteiger partial charge in [-0.15, -0.1) is 10.2 Å². The summed E-state index contributed by atoms with van der Waals surface area (Å²) in [6.45, 7) is 1.75. The topological polar surface area (TPSA) is 69.1 Å². The smallest absolute Gasteiger partial charge is 0.283 e. The molecule has 0 saturated carbocycles. The molecule has 3 heterocycles. The molecule has 8 heteroatoms. The van der Waals surface area contributed by atoms with Gasteiger partial charge in [0.1, 0.15) is 9.63 Å². The summed E-state index contributed by atoms with van der Waals surface area (Å²) in [5.41, 5.74) is 0.758. The van der Waals surface area contributed by atoms with Crippen molar-refractivity contribution in [2.24, 2.45) is 0 Å². The summed E-state index contributed by atoms with van der Waals surface area (Å²) in [5, 5.41) is 8.86. The number of imidazole rings is 1. The molecule has 0 aliphatic heterocycles. The van der Waals surface area contributed by atoms with Gasteiger partial charge in [0.2, 0.25) is 5.89 Å². The molecule has 0 unspecified atom stereocenters. The zero-order chi connectivity index (χ0) is 11.8. The van der Waals surface area contributed by atoms with Gasteiger partial charge in [0, 0.05) is 25.5 Å². The van der Waals surface area contributed by atoms with Crippen LogP contribution >= 0.6 is 27.7 Å². The minimum atomic E-state index is 0.456. The van der Waals surface area contributed by atoms with Crippen LogP contribution in [0.4, 0.5) is 0 Å². The predicted molar refractivity (Wildman–Crippen MR) is 63.8 cm³/mol. The Kier molecular flexibility index (Phi) is 2.60. The number of aryl methyl sites for hydroxylation is 1. The fourth-order valence-electron chi connectivity index (χ4n) is 1.34. The van der Waals surface area contributed by atoms with Crippen LogP contribution in [0.15, 0.2) is 37.9 Å². The van der Waals surface area contributed by atoms with Crippen LogP contribution in [0.25, 0.3) is 5.65 Å². The number of nitrogens with zero attached hydrogens (tertiary/aromatic N) is 5. The van der Waals surface area contributed by atoms with Crippen LogP contribution in [0.1, 0.15) is 5.89 Å². The third kappa shape index (κ3) is 2.05. The molecule has 3 aromatic heterocycles. The van der Waals surface area contributed by atoms with Crippen molar-refractivity contribution in [3.63, 3.8) is 0 Å². The van der Waals surface area contributed by atoms with Crippen LogP contribution in [-0.2, 0) is 0 Å². The van der Waals surface area contributed by atoms with Crippen molar-refractivity contribution < 1.29 is 4.42 Å².